The van der Waals surface area contributed by atoms with E-state index in [1.165, 1.54) is 0 Å². The van der Waals surface area contributed by atoms with Crippen LogP contribution in [0.1, 0.15) is 6.42 Å². The van der Waals surface area contributed by atoms with Crippen molar-refractivity contribution in [1.82, 2.24) is 10.6 Å². The number of urea groups is 1. The molecule has 3 amide bonds. The van der Waals surface area contributed by atoms with Gasteiger partial charge in [0.15, 0.2) is 0 Å². The first-order valence-electron chi connectivity index (χ1n) is 3.45. The molecule has 0 aliphatic heterocycles. The summed E-state index contributed by atoms with van der Waals surface area (Å²) in [4.78, 5) is 21.3. The quantitative estimate of drug-likeness (QED) is 0.388. The number of alkyl halides is 1. The van der Waals surface area contributed by atoms with E-state index in [-0.39, 0.29) is 5.88 Å². The van der Waals surface area contributed by atoms with Gasteiger partial charge in [0.1, 0.15) is 5.88 Å². The predicted molar refractivity (Wildman–Crippen MR) is 47.1 cm³/mol. The van der Waals surface area contributed by atoms with Crippen LogP contribution in [-0.2, 0) is 4.79 Å². The summed E-state index contributed by atoms with van der Waals surface area (Å²) in [6.07, 6.45) is 2.34. The Kier molecular flexibility index (Phi) is 6.09. The van der Waals surface area contributed by atoms with Crippen LogP contribution in [0.5, 0.6) is 0 Å². The van der Waals surface area contributed by atoms with Crippen LogP contribution in [0.3, 0.4) is 0 Å². The molecular weight excluding hydrogens is 180 g/mol. The summed E-state index contributed by atoms with van der Waals surface area (Å²) in [6, 6.07) is -0.525. The number of amides is 3. The monoisotopic (exact) mass is 190 g/mol. The minimum Gasteiger partial charge on any atom is -0.337 e. The average Bonchev–Trinajstić information content (AvgIpc) is 2.05. The Morgan fingerprint density at radius 2 is 2.17 bits per heavy atom. The zero-order valence-corrected chi connectivity index (χ0v) is 7.36. The van der Waals surface area contributed by atoms with Gasteiger partial charge in [0.2, 0.25) is 5.91 Å². The first kappa shape index (κ1) is 11.0. The Morgan fingerprint density at radius 1 is 1.50 bits per heavy atom. The lowest BCUT2D eigenvalue weighted by molar-refractivity contribution is -0.117. The number of halogens is 1. The molecule has 0 rings (SSSR count). The number of hydrogen-bond donors (Lipinski definition) is 2. The minimum absolute atomic E-state index is 0.213. The predicted octanol–water partition coefficient (Wildman–Crippen LogP) is 0.627. The highest BCUT2D eigenvalue weighted by Crippen LogP contribution is 1.77. The van der Waals surface area contributed by atoms with Crippen molar-refractivity contribution in [3.63, 3.8) is 0 Å². The Labute approximate surface area is 76.0 Å². The number of carbonyl (C=O) groups excluding carboxylic acids is 2. The fraction of sp³-hybridized carbons (Fsp3) is 0.429. The molecule has 0 fully saturated rings. The lowest BCUT2D eigenvalue weighted by Gasteiger charge is -2.02. The third-order valence-corrected chi connectivity index (χ3v) is 1.25. The summed E-state index contributed by atoms with van der Waals surface area (Å²) in [5.41, 5.74) is 0. The van der Waals surface area contributed by atoms with Crippen molar-refractivity contribution in [2.75, 3.05) is 12.4 Å². The smallest absolute Gasteiger partial charge is 0.321 e. The molecular formula is C7H11ClN2O2. The topological polar surface area (TPSA) is 58.2 Å². The molecule has 68 valence electrons. The van der Waals surface area contributed by atoms with E-state index < -0.39 is 11.9 Å². The van der Waals surface area contributed by atoms with Gasteiger partial charge in [-0.25, -0.2) is 4.79 Å². The summed E-state index contributed by atoms with van der Waals surface area (Å²) in [5, 5.41) is 4.48. The molecule has 4 nitrogen and oxygen atoms in total. The number of nitrogens with one attached hydrogen (secondary N) is 2. The summed E-state index contributed by atoms with van der Waals surface area (Å²) in [5.74, 6) is -0.720. The maximum Gasteiger partial charge on any atom is 0.321 e. The van der Waals surface area contributed by atoms with Crippen LogP contribution in [0.25, 0.3) is 0 Å². The normalized spacial score (nSPS) is 8.75. The first-order valence-corrected chi connectivity index (χ1v) is 3.98. The number of rotatable bonds is 4. The van der Waals surface area contributed by atoms with E-state index in [0.717, 1.165) is 0 Å². The fourth-order valence-corrected chi connectivity index (χ4v) is 0.559. The van der Waals surface area contributed by atoms with Crippen molar-refractivity contribution in [2.24, 2.45) is 0 Å². The van der Waals surface area contributed by atoms with Crippen molar-refractivity contribution in [1.29, 1.82) is 0 Å². The highest BCUT2D eigenvalue weighted by Gasteiger charge is 2.03. The highest BCUT2D eigenvalue weighted by molar-refractivity contribution is 6.28. The van der Waals surface area contributed by atoms with Crippen molar-refractivity contribution in [3.05, 3.63) is 12.7 Å². The van der Waals surface area contributed by atoms with E-state index in [2.05, 4.69) is 11.9 Å². The molecule has 0 radical (unpaired) electrons. The lowest BCUT2D eigenvalue weighted by Crippen LogP contribution is -2.40. The van der Waals surface area contributed by atoms with Gasteiger partial charge in [-0.05, 0) is 6.42 Å². The van der Waals surface area contributed by atoms with Gasteiger partial charge in [-0.1, -0.05) is 6.08 Å². The molecule has 0 aromatic heterocycles. The van der Waals surface area contributed by atoms with E-state index in [1.54, 1.807) is 6.08 Å². The molecule has 0 saturated heterocycles. The van der Waals surface area contributed by atoms with Gasteiger partial charge in [-0.3, -0.25) is 10.1 Å². The van der Waals surface area contributed by atoms with Crippen molar-refractivity contribution in [2.45, 2.75) is 6.42 Å². The summed E-state index contributed by atoms with van der Waals surface area (Å²) in [6.45, 7) is 3.94. The maximum atomic E-state index is 10.8. The molecule has 0 unspecified atom stereocenters. The van der Waals surface area contributed by atoms with Gasteiger partial charge in [-0.2, -0.15) is 0 Å². The SMILES string of the molecule is C=CCCNC(=O)NC(=O)CCl. The molecule has 0 bridgehead atoms. The van der Waals surface area contributed by atoms with Crippen LogP contribution in [0.15, 0.2) is 12.7 Å². The number of carbonyl (C=O) groups is 2. The molecule has 0 aliphatic rings. The average molecular weight is 191 g/mol. The Bertz CT molecular complexity index is 182. The molecule has 0 saturated carbocycles. The van der Waals surface area contributed by atoms with Gasteiger partial charge >= 0.3 is 6.03 Å². The summed E-state index contributed by atoms with van der Waals surface area (Å²) < 4.78 is 0. The second-order valence-electron chi connectivity index (χ2n) is 2.02. The molecule has 12 heavy (non-hydrogen) atoms. The second-order valence-corrected chi connectivity index (χ2v) is 2.28. The number of hydrogen-bond acceptors (Lipinski definition) is 2. The van der Waals surface area contributed by atoms with Gasteiger partial charge in [0, 0.05) is 6.54 Å². The summed E-state index contributed by atoms with van der Waals surface area (Å²) in [7, 11) is 0. The van der Waals surface area contributed by atoms with E-state index in [4.69, 9.17) is 11.6 Å². The molecule has 5 heteroatoms. The molecule has 2 N–H and O–H groups in total. The minimum atomic E-state index is -0.525. The van der Waals surface area contributed by atoms with Crippen molar-refractivity contribution < 1.29 is 9.59 Å². The van der Waals surface area contributed by atoms with Crippen LogP contribution in [-0.4, -0.2) is 24.4 Å². The van der Waals surface area contributed by atoms with Crippen LogP contribution in [0.4, 0.5) is 4.79 Å². The van der Waals surface area contributed by atoms with Crippen LogP contribution >= 0.6 is 11.6 Å². The highest BCUT2D eigenvalue weighted by atomic mass is 35.5. The van der Waals surface area contributed by atoms with Gasteiger partial charge < -0.3 is 5.32 Å². The molecule has 0 aromatic carbocycles. The van der Waals surface area contributed by atoms with Gasteiger partial charge in [0.05, 0.1) is 0 Å². The van der Waals surface area contributed by atoms with Crippen LogP contribution < -0.4 is 10.6 Å². The standard InChI is InChI=1S/C7H11ClN2O2/c1-2-3-4-9-7(12)10-6(11)5-8/h2H,1,3-5H2,(H2,9,10,11,12). The van der Waals surface area contributed by atoms with E-state index in [9.17, 15) is 9.59 Å². The maximum absolute atomic E-state index is 10.8. The largest absolute Gasteiger partial charge is 0.337 e. The second kappa shape index (κ2) is 6.67. The van der Waals surface area contributed by atoms with Gasteiger partial charge in [0.25, 0.3) is 0 Å². The van der Waals surface area contributed by atoms with Crippen molar-refractivity contribution >= 4 is 23.5 Å². The van der Waals surface area contributed by atoms with Gasteiger partial charge in [-0.15, -0.1) is 18.2 Å². The summed E-state index contributed by atoms with van der Waals surface area (Å²) >= 11 is 5.15. The van der Waals surface area contributed by atoms with E-state index >= 15 is 0 Å². The Morgan fingerprint density at radius 3 is 2.67 bits per heavy atom. The Balaban J connectivity index is 3.46. The van der Waals surface area contributed by atoms with E-state index in [1.807, 2.05) is 5.32 Å². The van der Waals surface area contributed by atoms with Crippen molar-refractivity contribution in [3.8, 4) is 0 Å². The number of imide groups is 1. The zero-order chi connectivity index (χ0) is 9.40. The van der Waals surface area contributed by atoms with Crippen LogP contribution in [0.2, 0.25) is 0 Å². The molecule has 0 aromatic rings. The third-order valence-electron chi connectivity index (χ3n) is 1.01. The molecule has 0 atom stereocenters. The molecule has 0 aliphatic carbocycles. The molecule has 0 spiro atoms. The first-order chi connectivity index (χ1) is 5.70. The Hall–Kier alpha value is -1.03. The lowest BCUT2D eigenvalue weighted by atomic mass is 10.4. The molecule has 0 heterocycles. The van der Waals surface area contributed by atoms with E-state index in [0.29, 0.717) is 13.0 Å². The fourth-order valence-electron chi connectivity index (χ4n) is 0.492. The zero-order valence-electron chi connectivity index (χ0n) is 6.60. The third kappa shape index (κ3) is 5.73. The van der Waals surface area contributed by atoms with Crippen LogP contribution in [0, 0.1) is 0 Å².